The molecule has 1 N–H and O–H groups in total. The lowest BCUT2D eigenvalue weighted by Crippen LogP contribution is -2.38. The molecule has 1 aliphatic rings. The molecule has 3 rings (SSSR count). The zero-order chi connectivity index (χ0) is 15.7. The van der Waals surface area contributed by atoms with Crippen molar-refractivity contribution in [2.45, 2.75) is 13.0 Å². The van der Waals surface area contributed by atoms with Gasteiger partial charge in [0.25, 0.3) is 11.5 Å². The molecule has 0 aromatic carbocycles. The van der Waals surface area contributed by atoms with Gasteiger partial charge in [0.1, 0.15) is 5.82 Å². The maximum atomic E-state index is 12.5. The molecule has 0 spiro atoms. The summed E-state index contributed by atoms with van der Waals surface area (Å²) in [5.74, 6) is 0.634. The minimum Gasteiger partial charge on any atom is -0.373 e. The summed E-state index contributed by atoms with van der Waals surface area (Å²) in [5, 5.41) is 7.16. The van der Waals surface area contributed by atoms with Crippen LogP contribution in [0.25, 0.3) is 0 Å². The number of anilines is 1. The zero-order valence-electron chi connectivity index (χ0n) is 12.5. The van der Waals surface area contributed by atoms with E-state index in [-0.39, 0.29) is 11.5 Å². The highest BCUT2D eigenvalue weighted by Gasteiger charge is 2.23. The summed E-state index contributed by atoms with van der Waals surface area (Å²) in [6.07, 6.45) is 2.21. The average molecular weight is 299 g/mol. The van der Waals surface area contributed by atoms with Crippen LogP contribution < -0.4 is 10.9 Å². The number of hydrogen-bond acceptors (Lipinski definition) is 5. The summed E-state index contributed by atoms with van der Waals surface area (Å²) in [6.45, 7) is 0.996. The summed E-state index contributed by atoms with van der Waals surface area (Å²) >= 11 is 0. The molecule has 0 aliphatic carbocycles. The van der Waals surface area contributed by atoms with E-state index in [4.69, 9.17) is 0 Å². The van der Waals surface area contributed by atoms with E-state index in [9.17, 15) is 9.59 Å². The Labute approximate surface area is 127 Å². The lowest BCUT2D eigenvalue weighted by Gasteiger charge is -2.28. The maximum absolute atomic E-state index is 12.5. The van der Waals surface area contributed by atoms with Gasteiger partial charge in [-0.05, 0) is 12.1 Å². The molecule has 0 unspecified atom stereocenters. The fourth-order valence-corrected chi connectivity index (χ4v) is 2.52. The van der Waals surface area contributed by atoms with Crippen LogP contribution in [0.4, 0.5) is 5.82 Å². The fourth-order valence-electron chi connectivity index (χ4n) is 2.52. The second-order valence-corrected chi connectivity index (χ2v) is 5.24. The Hall–Kier alpha value is -2.70. The van der Waals surface area contributed by atoms with Gasteiger partial charge in [-0.25, -0.2) is 9.67 Å². The van der Waals surface area contributed by atoms with E-state index in [0.29, 0.717) is 30.9 Å². The molecular weight excluding hydrogens is 282 g/mol. The van der Waals surface area contributed by atoms with Gasteiger partial charge in [-0.1, -0.05) is 0 Å². The largest absolute Gasteiger partial charge is 0.373 e. The summed E-state index contributed by atoms with van der Waals surface area (Å²) in [5.41, 5.74) is 2.09. The number of fused-ring (bicyclic) bond motifs is 1. The van der Waals surface area contributed by atoms with Crippen molar-refractivity contribution in [3.63, 3.8) is 0 Å². The Morgan fingerprint density at radius 2 is 2.18 bits per heavy atom. The minimum atomic E-state index is -0.159. The van der Waals surface area contributed by atoms with E-state index >= 15 is 0 Å². The molecule has 3 heterocycles. The third kappa shape index (κ3) is 2.57. The molecular formula is C15H17N5O2. The monoisotopic (exact) mass is 299 g/mol. The fraction of sp³-hybridized carbons (Fsp3) is 0.333. The summed E-state index contributed by atoms with van der Waals surface area (Å²) in [7, 11) is 3.41. The first-order valence-electron chi connectivity index (χ1n) is 7.07. The van der Waals surface area contributed by atoms with Crippen molar-refractivity contribution in [2.24, 2.45) is 7.05 Å². The Morgan fingerprint density at radius 1 is 1.36 bits per heavy atom. The molecule has 0 saturated heterocycles. The molecule has 1 aliphatic heterocycles. The van der Waals surface area contributed by atoms with Crippen LogP contribution in [0.2, 0.25) is 0 Å². The molecule has 22 heavy (non-hydrogen) atoms. The molecule has 7 heteroatoms. The predicted octanol–water partition coefficient (Wildman–Crippen LogP) is 0.415. The Bertz CT molecular complexity index is 766. The Kier molecular flexibility index (Phi) is 3.62. The normalized spacial score (nSPS) is 13.6. The van der Waals surface area contributed by atoms with E-state index in [1.54, 1.807) is 43.4 Å². The quantitative estimate of drug-likeness (QED) is 0.869. The van der Waals surface area contributed by atoms with Crippen molar-refractivity contribution in [3.8, 4) is 0 Å². The second-order valence-electron chi connectivity index (χ2n) is 5.24. The highest BCUT2D eigenvalue weighted by Crippen LogP contribution is 2.17. The zero-order valence-corrected chi connectivity index (χ0v) is 12.5. The summed E-state index contributed by atoms with van der Waals surface area (Å²) < 4.78 is 1.33. The van der Waals surface area contributed by atoms with Gasteiger partial charge in [0.05, 0.1) is 11.3 Å². The highest BCUT2D eigenvalue weighted by molar-refractivity contribution is 5.94. The highest BCUT2D eigenvalue weighted by atomic mass is 16.2. The van der Waals surface area contributed by atoms with Crippen molar-refractivity contribution in [3.05, 3.63) is 51.6 Å². The number of rotatable bonds is 2. The van der Waals surface area contributed by atoms with Crippen molar-refractivity contribution in [1.82, 2.24) is 19.7 Å². The summed E-state index contributed by atoms with van der Waals surface area (Å²) in [4.78, 5) is 30.1. The molecule has 0 fully saturated rings. The topological polar surface area (TPSA) is 80.1 Å². The molecule has 0 atom stereocenters. The number of amides is 1. The smallest absolute Gasteiger partial charge is 0.266 e. The molecule has 2 aromatic heterocycles. The maximum Gasteiger partial charge on any atom is 0.266 e. The van der Waals surface area contributed by atoms with E-state index in [1.165, 1.54) is 4.68 Å². The average Bonchev–Trinajstić information content (AvgIpc) is 2.55. The van der Waals surface area contributed by atoms with Gasteiger partial charge in [-0.2, -0.15) is 5.10 Å². The SMILES string of the molecule is CNc1ccc(C(=O)N2CCc3nn(C)c(=O)cc3C2)cn1. The van der Waals surface area contributed by atoms with Gasteiger partial charge in [-0.15, -0.1) is 0 Å². The molecule has 2 aromatic rings. The minimum absolute atomic E-state index is 0.0820. The number of aromatic nitrogens is 3. The third-order valence-electron chi connectivity index (χ3n) is 3.79. The van der Waals surface area contributed by atoms with Crippen LogP contribution in [0.3, 0.4) is 0 Å². The number of pyridine rings is 1. The van der Waals surface area contributed by atoms with Gasteiger partial charge < -0.3 is 10.2 Å². The summed E-state index contributed by atoms with van der Waals surface area (Å²) in [6, 6.07) is 5.07. The van der Waals surface area contributed by atoms with Gasteiger partial charge >= 0.3 is 0 Å². The van der Waals surface area contributed by atoms with Gasteiger partial charge in [0.2, 0.25) is 0 Å². The van der Waals surface area contributed by atoms with Crippen molar-refractivity contribution in [2.75, 3.05) is 18.9 Å². The Balaban J connectivity index is 1.82. The van der Waals surface area contributed by atoms with Crippen LogP contribution >= 0.6 is 0 Å². The van der Waals surface area contributed by atoms with E-state index in [2.05, 4.69) is 15.4 Å². The first kappa shape index (κ1) is 14.2. The van der Waals surface area contributed by atoms with E-state index in [1.807, 2.05) is 0 Å². The van der Waals surface area contributed by atoms with E-state index < -0.39 is 0 Å². The van der Waals surface area contributed by atoms with Crippen LogP contribution in [0.1, 0.15) is 21.6 Å². The van der Waals surface area contributed by atoms with Crippen molar-refractivity contribution >= 4 is 11.7 Å². The Morgan fingerprint density at radius 3 is 2.86 bits per heavy atom. The number of nitrogens with one attached hydrogen (secondary N) is 1. The lowest BCUT2D eigenvalue weighted by molar-refractivity contribution is 0.0732. The van der Waals surface area contributed by atoms with Gasteiger partial charge in [0.15, 0.2) is 0 Å². The van der Waals surface area contributed by atoms with Gasteiger partial charge in [0, 0.05) is 51.4 Å². The molecule has 0 saturated carbocycles. The van der Waals surface area contributed by atoms with Crippen LogP contribution in [-0.2, 0) is 20.0 Å². The molecule has 7 nitrogen and oxygen atoms in total. The number of aryl methyl sites for hydroxylation is 1. The predicted molar refractivity (Wildman–Crippen MR) is 81.7 cm³/mol. The van der Waals surface area contributed by atoms with Crippen LogP contribution in [0.5, 0.6) is 0 Å². The standard InChI is InChI=1S/C15H17N5O2/c1-16-13-4-3-10(8-17-13)15(22)20-6-5-12-11(9-20)7-14(21)19(2)18-12/h3-4,7-8H,5-6,9H2,1-2H3,(H,16,17). The molecule has 0 radical (unpaired) electrons. The molecule has 114 valence electrons. The third-order valence-corrected chi connectivity index (χ3v) is 3.79. The molecule has 1 amide bonds. The first-order valence-corrected chi connectivity index (χ1v) is 7.07. The first-order chi connectivity index (χ1) is 10.6. The van der Waals surface area contributed by atoms with E-state index in [0.717, 1.165) is 11.3 Å². The van der Waals surface area contributed by atoms with Crippen LogP contribution in [-0.4, -0.2) is 39.2 Å². The van der Waals surface area contributed by atoms with Crippen LogP contribution in [0.15, 0.2) is 29.2 Å². The van der Waals surface area contributed by atoms with Crippen LogP contribution in [0, 0.1) is 0 Å². The molecule has 0 bridgehead atoms. The number of hydrogen-bond donors (Lipinski definition) is 1. The number of carbonyl (C=O) groups is 1. The lowest BCUT2D eigenvalue weighted by atomic mass is 10.1. The number of carbonyl (C=O) groups excluding carboxylic acids is 1. The van der Waals surface area contributed by atoms with Crippen molar-refractivity contribution in [1.29, 1.82) is 0 Å². The number of nitrogens with zero attached hydrogens (tertiary/aromatic N) is 4. The van der Waals surface area contributed by atoms with Crippen molar-refractivity contribution < 1.29 is 4.79 Å². The second kappa shape index (κ2) is 5.59. The van der Waals surface area contributed by atoms with Gasteiger partial charge in [-0.3, -0.25) is 9.59 Å².